The molecule has 0 aliphatic carbocycles. The zero-order valence-electron chi connectivity index (χ0n) is 20.6. The van der Waals surface area contributed by atoms with Crippen molar-refractivity contribution in [3.8, 4) is 0 Å². The summed E-state index contributed by atoms with van der Waals surface area (Å²) in [5.74, 6) is -0.412. The van der Waals surface area contributed by atoms with Crippen molar-refractivity contribution in [2.45, 2.75) is 77.2 Å². The van der Waals surface area contributed by atoms with Gasteiger partial charge in [-0.1, -0.05) is 68.4 Å². The van der Waals surface area contributed by atoms with Gasteiger partial charge in [0.15, 0.2) is 0 Å². The molecule has 0 radical (unpaired) electrons. The number of aliphatic hydroxyl groups excluding tert-OH is 1. The maximum absolute atomic E-state index is 11.7. The van der Waals surface area contributed by atoms with Crippen molar-refractivity contribution in [3.63, 3.8) is 0 Å². The Morgan fingerprint density at radius 1 is 0.882 bits per heavy atom. The van der Waals surface area contributed by atoms with Gasteiger partial charge in [-0.3, -0.25) is 13.8 Å². The van der Waals surface area contributed by atoms with Gasteiger partial charge in [-0.25, -0.2) is 4.57 Å². The van der Waals surface area contributed by atoms with Gasteiger partial charge in [0.1, 0.15) is 12.7 Å². The van der Waals surface area contributed by atoms with E-state index in [0.717, 1.165) is 57.8 Å². The molecular formula is C25H44NO7P. The summed E-state index contributed by atoms with van der Waals surface area (Å²) in [5.41, 5.74) is 5.17. The molecule has 0 aliphatic rings. The zero-order valence-corrected chi connectivity index (χ0v) is 21.5. The normalized spacial score (nSPS) is 15.1. The number of hydrogen-bond acceptors (Lipinski definition) is 7. The van der Waals surface area contributed by atoms with Gasteiger partial charge in [-0.05, 0) is 44.9 Å². The first-order valence-electron chi connectivity index (χ1n) is 12.2. The molecule has 0 spiro atoms. The van der Waals surface area contributed by atoms with Crippen LogP contribution in [-0.2, 0) is 23.1 Å². The van der Waals surface area contributed by atoms with Crippen molar-refractivity contribution < 1.29 is 33.1 Å². The molecule has 0 rings (SSSR count). The molecule has 0 fully saturated rings. The van der Waals surface area contributed by atoms with Crippen molar-refractivity contribution in [3.05, 3.63) is 48.6 Å². The average Bonchev–Trinajstić information content (AvgIpc) is 2.82. The van der Waals surface area contributed by atoms with Crippen LogP contribution in [0.15, 0.2) is 48.6 Å². The van der Waals surface area contributed by atoms with Gasteiger partial charge in [0.25, 0.3) is 0 Å². The summed E-state index contributed by atoms with van der Waals surface area (Å²) in [4.78, 5) is 21.0. The van der Waals surface area contributed by atoms with Crippen LogP contribution in [0, 0.1) is 0 Å². The van der Waals surface area contributed by atoms with Crippen molar-refractivity contribution >= 4 is 13.8 Å². The highest BCUT2D eigenvalue weighted by Crippen LogP contribution is 2.42. The molecule has 0 amide bonds. The summed E-state index contributed by atoms with van der Waals surface area (Å²) < 4.78 is 25.5. The molecule has 0 aromatic heterocycles. The van der Waals surface area contributed by atoms with Crippen LogP contribution < -0.4 is 5.73 Å². The van der Waals surface area contributed by atoms with E-state index < -0.39 is 26.5 Å². The van der Waals surface area contributed by atoms with Crippen LogP contribution in [0.3, 0.4) is 0 Å². The van der Waals surface area contributed by atoms with Crippen LogP contribution in [0.2, 0.25) is 0 Å². The number of phosphoric ester groups is 1. The van der Waals surface area contributed by atoms with Crippen molar-refractivity contribution in [2.75, 3.05) is 26.4 Å². The van der Waals surface area contributed by atoms with Crippen LogP contribution in [0.4, 0.5) is 0 Å². The first kappa shape index (κ1) is 32.5. The van der Waals surface area contributed by atoms with E-state index in [-0.39, 0.29) is 26.2 Å². The summed E-state index contributed by atoms with van der Waals surface area (Å²) in [6.45, 7) is 1.28. The highest BCUT2D eigenvalue weighted by molar-refractivity contribution is 7.47. The van der Waals surface area contributed by atoms with Gasteiger partial charge in [0, 0.05) is 13.0 Å². The molecular weight excluding hydrogens is 457 g/mol. The first-order valence-corrected chi connectivity index (χ1v) is 13.7. The molecule has 4 N–H and O–H groups in total. The second-order valence-electron chi connectivity index (χ2n) is 7.68. The Hall–Kier alpha value is -1.54. The lowest BCUT2D eigenvalue weighted by atomic mass is 10.1. The Bertz CT molecular complexity index is 662. The molecule has 34 heavy (non-hydrogen) atoms. The Morgan fingerprint density at radius 3 is 2.09 bits per heavy atom. The molecule has 0 heterocycles. The quantitative estimate of drug-likeness (QED) is 0.0806. The first-order chi connectivity index (χ1) is 16.4. The van der Waals surface area contributed by atoms with Crippen LogP contribution in [0.25, 0.3) is 0 Å². The molecule has 2 atom stereocenters. The lowest BCUT2D eigenvalue weighted by Gasteiger charge is -2.15. The number of allylic oxidation sites excluding steroid dienone is 8. The fourth-order valence-electron chi connectivity index (χ4n) is 2.68. The lowest BCUT2D eigenvalue weighted by molar-refractivity contribution is -0.147. The monoisotopic (exact) mass is 501 g/mol. The molecule has 0 aliphatic heterocycles. The minimum absolute atomic E-state index is 0.0680. The summed E-state index contributed by atoms with van der Waals surface area (Å²) in [5, 5.41) is 9.68. The third-order valence-electron chi connectivity index (χ3n) is 4.46. The number of esters is 1. The van der Waals surface area contributed by atoms with Crippen molar-refractivity contribution in [2.24, 2.45) is 5.73 Å². The summed E-state index contributed by atoms with van der Waals surface area (Å²) in [7, 11) is -4.25. The Labute approximate surface area is 205 Å². The maximum Gasteiger partial charge on any atom is 0.472 e. The summed E-state index contributed by atoms with van der Waals surface area (Å²) in [6, 6.07) is 0. The van der Waals surface area contributed by atoms with E-state index in [9.17, 15) is 19.4 Å². The number of carbonyl (C=O) groups is 1. The largest absolute Gasteiger partial charge is 0.472 e. The molecule has 0 saturated carbocycles. The number of ether oxygens (including phenoxy) is 1. The van der Waals surface area contributed by atoms with Gasteiger partial charge >= 0.3 is 13.8 Å². The van der Waals surface area contributed by atoms with Gasteiger partial charge in [-0.2, -0.15) is 0 Å². The zero-order chi connectivity index (χ0) is 25.3. The predicted molar refractivity (Wildman–Crippen MR) is 136 cm³/mol. The van der Waals surface area contributed by atoms with Gasteiger partial charge in [0.05, 0.1) is 13.2 Å². The molecule has 8 nitrogen and oxygen atoms in total. The molecule has 2 unspecified atom stereocenters. The summed E-state index contributed by atoms with van der Waals surface area (Å²) >= 11 is 0. The van der Waals surface area contributed by atoms with E-state index >= 15 is 0 Å². The maximum atomic E-state index is 11.7. The fourth-order valence-corrected chi connectivity index (χ4v) is 3.45. The van der Waals surface area contributed by atoms with Crippen LogP contribution in [0.5, 0.6) is 0 Å². The Morgan fingerprint density at radius 2 is 1.47 bits per heavy atom. The number of unbranched alkanes of at least 4 members (excludes halogenated alkanes) is 4. The minimum Gasteiger partial charge on any atom is -0.463 e. The highest BCUT2D eigenvalue weighted by Gasteiger charge is 2.22. The van der Waals surface area contributed by atoms with Gasteiger partial charge < -0.3 is 20.5 Å². The van der Waals surface area contributed by atoms with Gasteiger partial charge in [0.2, 0.25) is 0 Å². The van der Waals surface area contributed by atoms with E-state index in [1.807, 2.05) is 0 Å². The number of carbonyl (C=O) groups excluding carboxylic acids is 1. The SMILES string of the molecule is CCC=CCC=CCC=CCC=CCCCCCCC(=O)OCC(O)COP(=O)(O)OCCN. The molecule has 0 aromatic rings. The molecule has 9 heteroatoms. The minimum atomic E-state index is -4.25. The topological polar surface area (TPSA) is 128 Å². The van der Waals surface area contributed by atoms with Crippen molar-refractivity contribution in [1.29, 1.82) is 0 Å². The standard InChI is InChI=1S/C25H44NO7P/c1-2-3-4-5-6-7-8-9-10-11-12-13-14-15-16-17-18-19-25(28)31-22-24(27)23-33-34(29,30)32-21-20-26/h3-4,6-7,9-10,12-13,24,27H,2,5,8,11,14-23,26H2,1H3,(H,29,30). The van der Waals surface area contributed by atoms with E-state index in [1.165, 1.54) is 0 Å². The van der Waals surface area contributed by atoms with Crippen LogP contribution >= 0.6 is 7.82 Å². The molecule has 0 saturated heterocycles. The second-order valence-corrected chi connectivity index (χ2v) is 9.13. The third-order valence-corrected chi connectivity index (χ3v) is 5.44. The number of nitrogens with two attached hydrogens (primary N) is 1. The smallest absolute Gasteiger partial charge is 0.463 e. The van der Waals surface area contributed by atoms with Crippen LogP contribution in [-0.4, -0.2) is 48.4 Å². The number of aliphatic hydroxyl groups is 1. The van der Waals surface area contributed by atoms with Crippen molar-refractivity contribution in [1.82, 2.24) is 0 Å². The second kappa shape index (κ2) is 23.2. The predicted octanol–water partition coefficient (Wildman–Crippen LogP) is 5.13. The Balaban J connectivity index is 3.60. The van der Waals surface area contributed by atoms with Gasteiger partial charge in [-0.15, -0.1) is 0 Å². The lowest BCUT2D eigenvalue weighted by Crippen LogP contribution is -2.23. The number of phosphoric acid groups is 1. The number of hydrogen-bond donors (Lipinski definition) is 3. The molecule has 196 valence electrons. The van der Waals surface area contributed by atoms with E-state index in [2.05, 4.69) is 64.6 Å². The average molecular weight is 502 g/mol. The molecule has 0 aromatic carbocycles. The fraction of sp³-hybridized carbons (Fsp3) is 0.640. The summed E-state index contributed by atoms with van der Waals surface area (Å²) in [6.07, 6.45) is 25.3. The van der Waals surface area contributed by atoms with E-state index in [1.54, 1.807) is 0 Å². The van der Waals surface area contributed by atoms with E-state index in [0.29, 0.717) is 0 Å². The number of rotatable bonds is 22. The molecule has 0 bridgehead atoms. The van der Waals surface area contributed by atoms with Crippen LogP contribution in [0.1, 0.15) is 71.1 Å². The third kappa shape index (κ3) is 23.6. The Kier molecular flexibility index (Phi) is 22.2. The van der Waals surface area contributed by atoms with E-state index in [4.69, 9.17) is 10.5 Å². The highest BCUT2D eigenvalue weighted by atomic mass is 31.2.